The monoisotopic (exact) mass is 378 g/mol. The van der Waals surface area contributed by atoms with Crippen LogP contribution in [-0.4, -0.2) is 37.2 Å². The number of alkyl halides is 3. The molecule has 0 aromatic carbocycles. The summed E-state index contributed by atoms with van der Waals surface area (Å²) in [5.74, 6) is 1.06. The summed E-state index contributed by atoms with van der Waals surface area (Å²) >= 11 is 0. The Bertz CT molecular complexity index is 1000. The Morgan fingerprint density at radius 3 is 2.63 bits per heavy atom. The molecule has 3 aromatic heterocycles. The number of piperidine rings is 1. The highest BCUT2D eigenvalue weighted by atomic mass is 19.4. The molecule has 0 N–H and O–H groups in total. The normalized spacial score (nSPS) is 16.2. The van der Waals surface area contributed by atoms with Gasteiger partial charge in [-0.1, -0.05) is 0 Å². The van der Waals surface area contributed by atoms with E-state index in [0.717, 1.165) is 43.6 Å². The third-order valence-corrected chi connectivity index (χ3v) is 4.84. The van der Waals surface area contributed by atoms with E-state index in [9.17, 15) is 18.0 Å². The number of anilines is 1. The molecule has 0 aliphatic carbocycles. The van der Waals surface area contributed by atoms with Gasteiger partial charge in [-0.25, -0.2) is 14.5 Å². The number of fused-ring (bicyclic) bond motifs is 1. The molecule has 0 unspecified atom stereocenters. The molecular weight excluding hydrogens is 361 g/mol. The van der Waals surface area contributed by atoms with E-state index in [1.54, 1.807) is 23.1 Å². The zero-order valence-corrected chi connectivity index (χ0v) is 14.3. The van der Waals surface area contributed by atoms with Gasteiger partial charge in [0.05, 0.1) is 12.5 Å². The van der Waals surface area contributed by atoms with Crippen molar-refractivity contribution >= 4 is 11.3 Å². The van der Waals surface area contributed by atoms with Gasteiger partial charge in [-0.05, 0) is 24.8 Å². The fourth-order valence-electron chi connectivity index (χ4n) is 3.41. The van der Waals surface area contributed by atoms with Gasteiger partial charge in [0, 0.05) is 38.1 Å². The molecule has 3 aromatic rings. The van der Waals surface area contributed by atoms with E-state index in [4.69, 9.17) is 0 Å². The number of rotatable bonds is 3. The molecule has 10 heteroatoms. The van der Waals surface area contributed by atoms with E-state index >= 15 is 0 Å². The first-order valence-electron chi connectivity index (χ1n) is 8.59. The minimum Gasteiger partial charge on any atom is -0.355 e. The SMILES string of the molecule is O=c1cc(C(F)(F)F)ncn1CC1CCN(c2nccn3nccc23)CC1. The maximum atomic E-state index is 12.6. The second kappa shape index (κ2) is 6.67. The summed E-state index contributed by atoms with van der Waals surface area (Å²) < 4.78 is 40.9. The standard InChI is InChI=1S/C17H17F3N6O/c18-17(19,20)14-9-15(27)25(11-22-14)10-12-2-6-24(7-3-12)16-13-1-4-23-26(13)8-5-21-16/h1,4-5,8-9,11-12H,2-3,6-7,10H2. The predicted octanol–water partition coefficient (Wildman–Crippen LogP) is 2.22. The van der Waals surface area contributed by atoms with Gasteiger partial charge in [0.2, 0.25) is 0 Å². The van der Waals surface area contributed by atoms with Gasteiger partial charge in [0.15, 0.2) is 11.5 Å². The third kappa shape index (κ3) is 3.51. The summed E-state index contributed by atoms with van der Waals surface area (Å²) in [4.78, 5) is 22.0. The van der Waals surface area contributed by atoms with Crippen LogP contribution in [0, 0.1) is 5.92 Å². The van der Waals surface area contributed by atoms with Gasteiger partial charge in [-0.15, -0.1) is 0 Å². The molecule has 1 aliphatic rings. The summed E-state index contributed by atoms with van der Waals surface area (Å²) in [6.45, 7) is 1.87. The van der Waals surface area contributed by atoms with E-state index in [0.29, 0.717) is 12.6 Å². The van der Waals surface area contributed by atoms with Crippen molar-refractivity contribution in [1.29, 1.82) is 0 Å². The van der Waals surface area contributed by atoms with Crippen LogP contribution in [0.15, 0.2) is 41.8 Å². The van der Waals surface area contributed by atoms with Crippen molar-refractivity contribution in [1.82, 2.24) is 24.1 Å². The van der Waals surface area contributed by atoms with Gasteiger partial charge in [0.25, 0.3) is 5.56 Å². The van der Waals surface area contributed by atoms with E-state index in [1.807, 2.05) is 6.07 Å². The van der Waals surface area contributed by atoms with E-state index < -0.39 is 17.4 Å². The van der Waals surface area contributed by atoms with Crippen LogP contribution in [0.5, 0.6) is 0 Å². The third-order valence-electron chi connectivity index (χ3n) is 4.84. The van der Waals surface area contributed by atoms with Crippen molar-refractivity contribution < 1.29 is 13.2 Å². The average Bonchev–Trinajstić information content (AvgIpc) is 3.12. The van der Waals surface area contributed by atoms with Crippen molar-refractivity contribution in [2.45, 2.75) is 25.6 Å². The fourth-order valence-corrected chi connectivity index (χ4v) is 3.41. The summed E-state index contributed by atoms with van der Waals surface area (Å²) in [5.41, 5.74) is -0.900. The molecule has 27 heavy (non-hydrogen) atoms. The van der Waals surface area contributed by atoms with Crippen molar-refractivity contribution in [2.24, 2.45) is 5.92 Å². The number of hydrogen-bond acceptors (Lipinski definition) is 5. The van der Waals surface area contributed by atoms with Gasteiger partial charge >= 0.3 is 6.18 Å². The van der Waals surface area contributed by atoms with Crippen LogP contribution in [-0.2, 0) is 12.7 Å². The number of hydrogen-bond donors (Lipinski definition) is 0. The van der Waals surface area contributed by atoms with E-state index in [1.165, 1.54) is 4.57 Å². The van der Waals surface area contributed by atoms with Gasteiger partial charge in [-0.2, -0.15) is 18.3 Å². The zero-order valence-electron chi connectivity index (χ0n) is 14.3. The minimum atomic E-state index is -4.61. The second-order valence-corrected chi connectivity index (χ2v) is 6.60. The van der Waals surface area contributed by atoms with Crippen molar-refractivity contribution in [3.63, 3.8) is 0 Å². The highest BCUT2D eigenvalue weighted by molar-refractivity contribution is 5.68. The van der Waals surface area contributed by atoms with Gasteiger partial charge < -0.3 is 4.90 Å². The van der Waals surface area contributed by atoms with Crippen LogP contribution < -0.4 is 10.5 Å². The minimum absolute atomic E-state index is 0.196. The van der Waals surface area contributed by atoms with Crippen molar-refractivity contribution in [3.8, 4) is 0 Å². The first kappa shape index (κ1) is 17.5. The number of aromatic nitrogens is 5. The Labute approximate surface area is 152 Å². The lowest BCUT2D eigenvalue weighted by Crippen LogP contribution is -2.37. The molecule has 1 fully saturated rings. The molecule has 4 heterocycles. The topological polar surface area (TPSA) is 68.3 Å². The summed E-state index contributed by atoms with van der Waals surface area (Å²) in [7, 11) is 0. The molecule has 0 amide bonds. The average molecular weight is 378 g/mol. The van der Waals surface area contributed by atoms with Gasteiger partial charge in [-0.3, -0.25) is 9.36 Å². The Morgan fingerprint density at radius 2 is 1.93 bits per heavy atom. The molecule has 4 rings (SSSR count). The first-order valence-corrected chi connectivity index (χ1v) is 8.59. The first-order chi connectivity index (χ1) is 12.9. The summed E-state index contributed by atoms with van der Waals surface area (Å²) in [6.07, 6.45) is 3.22. The van der Waals surface area contributed by atoms with Crippen molar-refractivity contribution in [3.05, 3.63) is 53.1 Å². The molecule has 1 aliphatic heterocycles. The molecule has 0 atom stereocenters. The smallest absolute Gasteiger partial charge is 0.355 e. The molecule has 0 bridgehead atoms. The maximum absolute atomic E-state index is 12.6. The van der Waals surface area contributed by atoms with Gasteiger partial charge in [0.1, 0.15) is 5.52 Å². The second-order valence-electron chi connectivity index (χ2n) is 6.60. The molecule has 1 saturated heterocycles. The van der Waals surface area contributed by atoms with E-state index in [-0.39, 0.29) is 5.92 Å². The molecule has 0 radical (unpaired) electrons. The zero-order chi connectivity index (χ0) is 19.0. The van der Waals surface area contributed by atoms with Crippen molar-refractivity contribution in [2.75, 3.05) is 18.0 Å². The Balaban J connectivity index is 1.43. The Hall–Kier alpha value is -2.91. The molecule has 0 spiro atoms. The lowest BCUT2D eigenvalue weighted by atomic mass is 9.96. The molecular formula is C17H17F3N6O. The lowest BCUT2D eigenvalue weighted by Gasteiger charge is -2.33. The summed E-state index contributed by atoms with van der Waals surface area (Å²) in [5, 5.41) is 4.20. The van der Waals surface area contributed by atoms with Crippen LogP contribution in [0.4, 0.5) is 19.0 Å². The lowest BCUT2D eigenvalue weighted by molar-refractivity contribution is -0.141. The molecule has 142 valence electrons. The van der Waals surface area contributed by atoms with Crippen LogP contribution >= 0.6 is 0 Å². The van der Waals surface area contributed by atoms with E-state index in [2.05, 4.69) is 20.0 Å². The highest BCUT2D eigenvalue weighted by Crippen LogP contribution is 2.27. The fraction of sp³-hybridized carbons (Fsp3) is 0.412. The predicted molar refractivity (Wildman–Crippen MR) is 91.4 cm³/mol. The molecule has 7 nitrogen and oxygen atoms in total. The van der Waals surface area contributed by atoms with Crippen LogP contribution in [0.3, 0.4) is 0 Å². The maximum Gasteiger partial charge on any atom is 0.433 e. The largest absolute Gasteiger partial charge is 0.433 e. The quantitative estimate of drug-likeness (QED) is 0.699. The Morgan fingerprint density at radius 1 is 1.15 bits per heavy atom. The van der Waals surface area contributed by atoms with Crippen LogP contribution in [0.2, 0.25) is 0 Å². The Kier molecular flexibility index (Phi) is 4.33. The highest BCUT2D eigenvalue weighted by Gasteiger charge is 2.33. The van der Waals surface area contributed by atoms with Crippen LogP contribution in [0.1, 0.15) is 18.5 Å². The molecule has 0 saturated carbocycles. The summed E-state index contributed by atoms with van der Waals surface area (Å²) in [6, 6.07) is 2.46. The number of halogens is 3. The number of nitrogens with zero attached hydrogens (tertiary/aromatic N) is 6. The van der Waals surface area contributed by atoms with Crippen LogP contribution in [0.25, 0.3) is 5.52 Å².